The number of carbonyl (C=O) groups excluding carboxylic acids is 2. The Morgan fingerprint density at radius 1 is 1.33 bits per heavy atom. The molecule has 1 N–H and O–H groups in total. The number of amides is 3. The van der Waals surface area contributed by atoms with Gasteiger partial charge in [-0.05, 0) is 25.5 Å². The molecule has 21 heavy (non-hydrogen) atoms. The van der Waals surface area contributed by atoms with Crippen molar-refractivity contribution in [1.29, 1.82) is 0 Å². The van der Waals surface area contributed by atoms with Crippen molar-refractivity contribution in [2.45, 2.75) is 20.0 Å². The number of urea groups is 1. The molecule has 1 saturated heterocycles. The van der Waals surface area contributed by atoms with Crippen LogP contribution in [0.15, 0.2) is 18.2 Å². The molecule has 0 unspecified atom stereocenters. The molecule has 6 nitrogen and oxygen atoms in total. The van der Waals surface area contributed by atoms with Crippen molar-refractivity contribution in [3.63, 3.8) is 0 Å². The molecule has 0 bridgehead atoms. The Morgan fingerprint density at radius 2 is 2.05 bits per heavy atom. The first kappa shape index (κ1) is 15.3. The molecule has 0 aliphatic carbocycles. The normalized spacial score (nSPS) is 16.6. The fraction of sp³-hybridized carbons (Fsp3) is 0.467. The Morgan fingerprint density at radius 3 is 2.62 bits per heavy atom. The van der Waals surface area contributed by atoms with Crippen molar-refractivity contribution in [2.75, 3.05) is 26.7 Å². The molecule has 0 aromatic heterocycles. The summed E-state index contributed by atoms with van der Waals surface area (Å²) in [5, 5.41) is 9.95. The lowest BCUT2D eigenvalue weighted by molar-refractivity contribution is -0.126. The number of aryl methyl sites for hydroxylation is 2. The Hall–Kier alpha value is -2.08. The van der Waals surface area contributed by atoms with E-state index in [1.807, 2.05) is 32.0 Å². The number of β-amino-alcohol motifs (C(OH)–C–C–N with tert-alkyl or cyclic N) is 1. The number of benzene rings is 1. The fourth-order valence-corrected chi connectivity index (χ4v) is 2.26. The molecule has 0 saturated carbocycles. The van der Waals surface area contributed by atoms with Crippen LogP contribution >= 0.6 is 0 Å². The third-order valence-corrected chi connectivity index (χ3v) is 3.39. The minimum absolute atomic E-state index is 0.0324. The average molecular weight is 292 g/mol. The zero-order chi connectivity index (χ0) is 15.6. The zero-order valence-electron chi connectivity index (χ0n) is 12.5. The summed E-state index contributed by atoms with van der Waals surface area (Å²) in [6.07, 6.45) is -0.912. The first-order valence-electron chi connectivity index (χ1n) is 6.82. The topological polar surface area (TPSA) is 70.1 Å². The molecule has 1 heterocycles. The van der Waals surface area contributed by atoms with Crippen LogP contribution in [0, 0.1) is 13.8 Å². The molecular formula is C15H20N2O4. The van der Waals surface area contributed by atoms with Crippen LogP contribution in [-0.2, 0) is 4.79 Å². The van der Waals surface area contributed by atoms with E-state index in [0.717, 1.165) is 16.0 Å². The number of imide groups is 1. The highest BCUT2D eigenvalue weighted by Gasteiger charge is 2.34. The summed E-state index contributed by atoms with van der Waals surface area (Å²) in [4.78, 5) is 25.7. The van der Waals surface area contributed by atoms with Crippen LogP contribution in [0.3, 0.4) is 0 Å². The largest absolute Gasteiger partial charge is 0.491 e. The molecule has 6 heteroatoms. The number of aliphatic hydroxyl groups is 1. The first-order chi connectivity index (χ1) is 9.88. The van der Waals surface area contributed by atoms with Crippen molar-refractivity contribution in [1.82, 2.24) is 9.80 Å². The van der Waals surface area contributed by atoms with Crippen LogP contribution in [0.4, 0.5) is 4.79 Å². The highest BCUT2D eigenvalue weighted by atomic mass is 16.5. The van der Waals surface area contributed by atoms with Crippen LogP contribution in [0.25, 0.3) is 0 Å². The maximum Gasteiger partial charge on any atom is 0.327 e. The third kappa shape index (κ3) is 3.52. The molecule has 1 aromatic carbocycles. The monoisotopic (exact) mass is 292 g/mol. The van der Waals surface area contributed by atoms with Gasteiger partial charge in [0, 0.05) is 7.05 Å². The highest BCUT2D eigenvalue weighted by molar-refractivity contribution is 6.01. The predicted molar refractivity (Wildman–Crippen MR) is 77.2 cm³/mol. The molecule has 1 aromatic rings. The summed E-state index contributed by atoms with van der Waals surface area (Å²) in [5.41, 5.74) is 2.12. The highest BCUT2D eigenvalue weighted by Crippen LogP contribution is 2.19. The third-order valence-electron chi connectivity index (χ3n) is 3.39. The van der Waals surface area contributed by atoms with E-state index in [4.69, 9.17) is 4.74 Å². The van der Waals surface area contributed by atoms with E-state index >= 15 is 0 Å². The number of hydrogen-bond donors (Lipinski definition) is 1. The molecule has 0 spiro atoms. The number of carbonyl (C=O) groups is 2. The first-order valence-corrected chi connectivity index (χ1v) is 6.82. The second kappa shape index (κ2) is 6.13. The minimum Gasteiger partial charge on any atom is -0.491 e. The van der Waals surface area contributed by atoms with Gasteiger partial charge in [0.1, 0.15) is 25.0 Å². The van der Waals surface area contributed by atoms with Crippen LogP contribution in [0.2, 0.25) is 0 Å². The van der Waals surface area contributed by atoms with Gasteiger partial charge >= 0.3 is 6.03 Å². The molecule has 1 atom stereocenters. The molecule has 3 amide bonds. The zero-order valence-corrected chi connectivity index (χ0v) is 12.5. The number of aliphatic hydroxyl groups excluding tert-OH is 1. The molecule has 1 aliphatic heterocycles. The van der Waals surface area contributed by atoms with Gasteiger partial charge in [-0.1, -0.05) is 17.7 Å². The lowest BCUT2D eigenvalue weighted by Crippen LogP contribution is -2.40. The standard InChI is InChI=1S/C15H20N2O4/c1-10-4-5-13(11(2)6-10)21-9-12(18)7-17-14(19)8-16(3)15(17)20/h4-6,12,18H,7-9H2,1-3H3/t12-/m0/s1. The summed E-state index contributed by atoms with van der Waals surface area (Å²) in [5.74, 6) is 0.393. The van der Waals surface area contributed by atoms with E-state index in [1.165, 1.54) is 4.90 Å². The number of hydrogen-bond acceptors (Lipinski definition) is 4. The van der Waals surface area contributed by atoms with Crippen LogP contribution in [-0.4, -0.2) is 59.7 Å². The van der Waals surface area contributed by atoms with Crippen molar-refractivity contribution < 1.29 is 19.4 Å². The minimum atomic E-state index is -0.912. The van der Waals surface area contributed by atoms with Gasteiger partial charge < -0.3 is 14.7 Å². The second-order valence-electron chi connectivity index (χ2n) is 5.38. The van der Waals surface area contributed by atoms with Gasteiger partial charge in [-0.25, -0.2) is 4.79 Å². The van der Waals surface area contributed by atoms with E-state index in [0.29, 0.717) is 5.75 Å². The number of likely N-dealkylation sites (N-methyl/N-ethyl adjacent to an activating group) is 1. The quantitative estimate of drug-likeness (QED) is 0.820. The van der Waals surface area contributed by atoms with E-state index in [9.17, 15) is 14.7 Å². The Kier molecular flexibility index (Phi) is 4.47. The van der Waals surface area contributed by atoms with E-state index < -0.39 is 6.10 Å². The number of rotatable bonds is 5. The van der Waals surface area contributed by atoms with E-state index in [-0.39, 0.29) is 31.6 Å². The van der Waals surface area contributed by atoms with Crippen molar-refractivity contribution in [3.05, 3.63) is 29.3 Å². The van der Waals surface area contributed by atoms with Gasteiger partial charge in [-0.15, -0.1) is 0 Å². The fourth-order valence-electron chi connectivity index (χ4n) is 2.26. The van der Waals surface area contributed by atoms with E-state index in [1.54, 1.807) is 7.05 Å². The summed E-state index contributed by atoms with van der Waals surface area (Å²) in [7, 11) is 1.55. The number of nitrogens with zero attached hydrogens (tertiary/aromatic N) is 2. The summed E-state index contributed by atoms with van der Waals surface area (Å²) in [6, 6.07) is 5.38. The number of ether oxygens (including phenoxy) is 1. The summed E-state index contributed by atoms with van der Waals surface area (Å²) < 4.78 is 5.55. The average Bonchev–Trinajstić information content (AvgIpc) is 2.64. The maximum absolute atomic E-state index is 11.7. The van der Waals surface area contributed by atoms with Gasteiger partial charge in [-0.3, -0.25) is 9.69 Å². The maximum atomic E-state index is 11.7. The van der Waals surface area contributed by atoms with E-state index in [2.05, 4.69) is 0 Å². The van der Waals surface area contributed by atoms with Crippen molar-refractivity contribution in [2.24, 2.45) is 0 Å². The molecule has 2 rings (SSSR count). The predicted octanol–water partition coefficient (Wildman–Crippen LogP) is 0.937. The van der Waals surface area contributed by atoms with Gasteiger partial charge in [0.2, 0.25) is 5.91 Å². The molecule has 0 radical (unpaired) electrons. The molecule has 1 aliphatic rings. The van der Waals surface area contributed by atoms with Gasteiger partial charge in [-0.2, -0.15) is 0 Å². The van der Waals surface area contributed by atoms with Gasteiger partial charge in [0.25, 0.3) is 0 Å². The molecule has 1 fully saturated rings. The molecule has 114 valence electrons. The summed E-state index contributed by atoms with van der Waals surface area (Å²) >= 11 is 0. The van der Waals surface area contributed by atoms with Crippen LogP contribution in [0.1, 0.15) is 11.1 Å². The Bertz CT molecular complexity index is 559. The second-order valence-corrected chi connectivity index (χ2v) is 5.38. The van der Waals surface area contributed by atoms with Crippen molar-refractivity contribution >= 4 is 11.9 Å². The lowest BCUT2D eigenvalue weighted by Gasteiger charge is -2.19. The van der Waals surface area contributed by atoms with Crippen LogP contribution < -0.4 is 4.74 Å². The lowest BCUT2D eigenvalue weighted by atomic mass is 10.1. The van der Waals surface area contributed by atoms with Crippen LogP contribution in [0.5, 0.6) is 5.75 Å². The Labute approximate surface area is 123 Å². The Balaban J connectivity index is 1.89. The van der Waals surface area contributed by atoms with Gasteiger partial charge in [0.05, 0.1) is 6.54 Å². The van der Waals surface area contributed by atoms with Crippen molar-refractivity contribution in [3.8, 4) is 5.75 Å². The SMILES string of the molecule is Cc1ccc(OC[C@@H](O)CN2C(=O)CN(C)C2=O)c(C)c1. The van der Waals surface area contributed by atoms with Gasteiger partial charge in [0.15, 0.2) is 0 Å². The summed E-state index contributed by atoms with van der Waals surface area (Å²) in [6.45, 7) is 3.96. The molecular weight excluding hydrogens is 272 g/mol. The smallest absolute Gasteiger partial charge is 0.327 e.